The number of halogens is 3. The Kier molecular flexibility index (Phi) is 7.07. The summed E-state index contributed by atoms with van der Waals surface area (Å²) in [6, 6.07) is 10.6. The molecule has 0 bridgehead atoms. The van der Waals surface area contributed by atoms with Gasteiger partial charge in [-0.05, 0) is 42.0 Å². The highest BCUT2D eigenvalue weighted by molar-refractivity contribution is 7.80. The van der Waals surface area contributed by atoms with E-state index in [4.69, 9.17) is 17.0 Å². The summed E-state index contributed by atoms with van der Waals surface area (Å²) in [4.78, 5) is 21.8. The largest absolute Gasteiger partial charge is 0.453 e. The van der Waals surface area contributed by atoms with Crippen molar-refractivity contribution in [3.05, 3.63) is 90.1 Å². The molecule has 0 unspecified atom stereocenters. The highest BCUT2D eigenvalue weighted by atomic mass is 32.1. The van der Waals surface area contributed by atoms with Crippen LogP contribution >= 0.6 is 23.6 Å². The lowest BCUT2D eigenvalue weighted by Gasteiger charge is -2.12. The molecule has 7 nitrogen and oxygen atoms in total. The first-order chi connectivity index (χ1) is 18.3. The Morgan fingerprint density at radius 2 is 1.87 bits per heavy atom. The number of anilines is 1. The van der Waals surface area contributed by atoms with Gasteiger partial charge in [0, 0.05) is 49.5 Å². The van der Waals surface area contributed by atoms with Crippen LogP contribution < -0.4 is 15.4 Å². The molecule has 0 aliphatic heterocycles. The van der Waals surface area contributed by atoms with Gasteiger partial charge in [0.15, 0.2) is 16.7 Å². The van der Waals surface area contributed by atoms with E-state index in [1.54, 1.807) is 18.5 Å². The number of ether oxygens (including phenoxy) is 1. The van der Waals surface area contributed by atoms with Crippen LogP contribution in [0.5, 0.6) is 11.5 Å². The minimum Gasteiger partial charge on any atom is -0.453 e. The van der Waals surface area contributed by atoms with Crippen LogP contribution in [0.2, 0.25) is 0 Å². The second-order valence-electron chi connectivity index (χ2n) is 8.16. The third-order valence-electron chi connectivity index (χ3n) is 5.45. The van der Waals surface area contributed by atoms with Crippen molar-refractivity contribution >= 4 is 50.5 Å². The van der Waals surface area contributed by atoms with Gasteiger partial charge in [0.1, 0.15) is 23.2 Å². The number of thiocarbonyl (C=S) groups is 1. The number of amides is 1. The minimum atomic E-state index is -0.835. The molecule has 38 heavy (non-hydrogen) atoms. The summed E-state index contributed by atoms with van der Waals surface area (Å²) in [5.41, 5.74) is 0.981. The van der Waals surface area contributed by atoms with Crippen LogP contribution in [0.25, 0.3) is 20.9 Å². The predicted molar refractivity (Wildman–Crippen MR) is 143 cm³/mol. The molecular formula is C26H18F3N5O2S2. The van der Waals surface area contributed by atoms with E-state index in [0.717, 1.165) is 21.5 Å². The lowest BCUT2D eigenvalue weighted by Crippen LogP contribution is -2.35. The number of nitrogens with zero attached hydrogens (tertiary/aromatic N) is 3. The lowest BCUT2D eigenvalue weighted by molar-refractivity contribution is -0.119. The van der Waals surface area contributed by atoms with E-state index in [1.165, 1.54) is 35.6 Å². The third-order valence-corrected chi connectivity index (χ3v) is 6.79. The fourth-order valence-corrected chi connectivity index (χ4v) is 5.00. The van der Waals surface area contributed by atoms with Gasteiger partial charge in [-0.3, -0.25) is 9.78 Å². The Labute approximate surface area is 223 Å². The van der Waals surface area contributed by atoms with Crippen molar-refractivity contribution in [2.24, 2.45) is 7.05 Å². The zero-order valence-electron chi connectivity index (χ0n) is 19.7. The van der Waals surface area contributed by atoms with Crippen LogP contribution in [0.4, 0.5) is 18.9 Å². The normalized spacial score (nSPS) is 10.9. The van der Waals surface area contributed by atoms with Crippen molar-refractivity contribution in [3.63, 3.8) is 0 Å². The smallest absolute Gasteiger partial charge is 0.230 e. The van der Waals surface area contributed by atoms with E-state index >= 15 is 0 Å². The number of carbonyl (C=O) groups excluding carboxylic acids is 1. The zero-order chi connectivity index (χ0) is 26.8. The SMILES string of the molecule is Cn1ccnc1-c1cc2nccc(Oc3ccc(NC(=S)NC(=O)Cc4ccc(F)cc4F)cc3F)c2s1. The molecule has 1 amide bonds. The van der Waals surface area contributed by atoms with Crippen molar-refractivity contribution in [1.82, 2.24) is 19.9 Å². The number of imidazole rings is 1. The van der Waals surface area contributed by atoms with E-state index in [-0.39, 0.29) is 28.5 Å². The molecule has 0 saturated heterocycles. The van der Waals surface area contributed by atoms with Gasteiger partial charge in [-0.25, -0.2) is 18.2 Å². The molecule has 0 saturated carbocycles. The molecule has 12 heteroatoms. The van der Waals surface area contributed by atoms with Gasteiger partial charge in [0.05, 0.1) is 21.5 Å². The number of aryl methyl sites for hydroxylation is 1. The number of benzene rings is 2. The second kappa shape index (κ2) is 10.6. The molecule has 3 heterocycles. The maximum absolute atomic E-state index is 14.9. The summed E-state index contributed by atoms with van der Waals surface area (Å²) >= 11 is 6.53. The number of hydrogen-bond acceptors (Lipinski definition) is 6. The number of nitrogens with one attached hydrogen (secondary N) is 2. The van der Waals surface area contributed by atoms with Crippen molar-refractivity contribution in [2.45, 2.75) is 6.42 Å². The summed E-state index contributed by atoms with van der Waals surface area (Å²) in [5, 5.41) is 4.98. The molecule has 5 rings (SSSR count). The van der Waals surface area contributed by atoms with Gasteiger partial charge in [0.2, 0.25) is 5.91 Å². The number of carbonyl (C=O) groups is 1. The van der Waals surface area contributed by atoms with Crippen LogP contribution in [0.1, 0.15) is 5.56 Å². The van der Waals surface area contributed by atoms with E-state index in [9.17, 15) is 18.0 Å². The first-order valence-corrected chi connectivity index (χ1v) is 12.4. The van der Waals surface area contributed by atoms with Gasteiger partial charge in [-0.1, -0.05) is 6.07 Å². The van der Waals surface area contributed by atoms with Crippen LogP contribution in [0.3, 0.4) is 0 Å². The quantitative estimate of drug-likeness (QED) is 0.253. The van der Waals surface area contributed by atoms with E-state index < -0.39 is 23.4 Å². The molecule has 0 fully saturated rings. The highest BCUT2D eigenvalue weighted by Gasteiger charge is 2.16. The maximum Gasteiger partial charge on any atom is 0.230 e. The van der Waals surface area contributed by atoms with Crippen LogP contribution in [0, 0.1) is 17.5 Å². The van der Waals surface area contributed by atoms with Crippen molar-refractivity contribution in [2.75, 3.05) is 5.32 Å². The molecule has 3 aromatic heterocycles. The first-order valence-electron chi connectivity index (χ1n) is 11.2. The summed E-state index contributed by atoms with van der Waals surface area (Å²) in [5.74, 6) is -1.65. The van der Waals surface area contributed by atoms with Crippen molar-refractivity contribution in [3.8, 4) is 22.2 Å². The van der Waals surface area contributed by atoms with Crippen LogP contribution in [-0.2, 0) is 18.3 Å². The molecule has 0 atom stereocenters. The Balaban J connectivity index is 1.25. The van der Waals surface area contributed by atoms with Crippen LogP contribution in [-0.4, -0.2) is 25.6 Å². The average Bonchev–Trinajstić information content (AvgIpc) is 3.49. The molecule has 0 radical (unpaired) electrons. The number of hydrogen-bond donors (Lipinski definition) is 2. The predicted octanol–water partition coefficient (Wildman–Crippen LogP) is 5.96. The second-order valence-corrected chi connectivity index (χ2v) is 9.62. The number of aromatic nitrogens is 3. The van der Waals surface area contributed by atoms with Gasteiger partial charge in [0.25, 0.3) is 0 Å². The number of rotatable bonds is 6. The minimum absolute atomic E-state index is 0.0160. The first kappa shape index (κ1) is 25.4. The summed E-state index contributed by atoms with van der Waals surface area (Å²) in [6.07, 6.45) is 4.79. The average molecular weight is 554 g/mol. The number of pyridine rings is 1. The monoisotopic (exact) mass is 553 g/mol. The Hall–Kier alpha value is -4.29. The van der Waals surface area contributed by atoms with E-state index in [0.29, 0.717) is 17.3 Å². The standard InChI is InChI=1S/C26H18F3N5O2S2/c1-34-9-8-31-25(34)22-13-19-24(38-22)21(6-7-30-19)36-20-5-4-16(12-18(20)29)32-26(37)33-23(35)10-14-2-3-15(27)11-17(14)28/h2-9,11-13H,10H2,1H3,(H2,32,33,35,37). The fourth-order valence-electron chi connectivity index (χ4n) is 3.66. The summed E-state index contributed by atoms with van der Waals surface area (Å²) in [6.45, 7) is 0. The molecule has 192 valence electrons. The molecule has 5 aromatic rings. The Morgan fingerprint density at radius 1 is 1.03 bits per heavy atom. The molecular weight excluding hydrogens is 535 g/mol. The summed E-state index contributed by atoms with van der Waals surface area (Å²) in [7, 11) is 1.89. The molecule has 2 N–H and O–H groups in total. The van der Waals surface area contributed by atoms with Crippen molar-refractivity contribution in [1.29, 1.82) is 0 Å². The van der Waals surface area contributed by atoms with Gasteiger partial charge >= 0.3 is 0 Å². The van der Waals surface area contributed by atoms with Gasteiger partial charge < -0.3 is 19.9 Å². The molecule has 2 aromatic carbocycles. The van der Waals surface area contributed by atoms with Crippen molar-refractivity contribution < 1.29 is 22.7 Å². The summed E-state index contributed by atoms with van der Waals surface area (Å²) < 4.78 is 50.2. The zero-order valence-corrected chi connectivity index (χ0v) is 21.3. The Morgan fingerprint density at radius 3 is 2.61 bits per heavy atom. The topological polar surface area (TPSA) is 81.1 Å². The molecule has 0 spiro atoms. The van der Waals surface area contributed by atoms with Gasteiger partial charge in [-0.2, -0.15) is 0 Å². The van der Waals surface area contributed by atoms with E-state index in [2.05, 4.69) is 20.6 Å². The lowest BCUT2D eigenvalue weighted by atomic mass is 10.1. The highest BCUT2D eigenvalue weighted by Crippen LogP contribution is 2.39. The van der Waals surface area contributed by atoms with Gasteiger partial charge in [-0.15, -0.1) is 11.3 Å². The fraction of sp³-hybridized carbons (Fsp3) is 0.0769. The maximum atomic E-state index is 14.9. The third kappa shape index (κ3) is 5.50. The molecule has 0 aliphatic carbocycles. The number of fused-ring (bicyclic) bond motifs is 1. The number of thiophene rings is 1. The van der Waals surface area contributed by atoms with E-state index in [1.807, 2.05) is 23.9 Å². The van der Waals surface area contributed by atoms with Crippen LogP contribution in [0.15, 0.2) is 67.1 Å². The Bertz CT molecular complexity index is 1680. The molecule has 0 aliphatic rings.